The molecule has 4 heteroatoms. The topological polar surface area (TPSA) is 63.6 Å². The molecule has 4 nitrogen and oxygen atoms in total. The van der Waals surface area contributed by atoms with Crippen LogP contribution in [0.4, 0.5) is 0 Å². The largest absolute Gasteiger partial charge is 0.458 e. The first-order chi connectivity index (χ1) is 14.3. The smallest absolute Gasteiger partial charge is 0.306 e. The molecule has 6 fully saturated rings. The van der Waals surface area contributed by atoms with Crippen molar-refractivity contribution in [3.8, 4) is 0 Å². The molecule has 0 aromatic carbocycles. The summed E-state index contributed by atoms with van der Waals surface area (Å²) in [4.78, 5) is 24.3. The van der Waals surface area contributed by atoms with Gasteiger partial charge in [0.1, 0.15) is 5.60 Å². The number of aliphatic hydroxyl groups is 1. The number of ketones is 1. The van der Waals surface area contributed by atoms with E-state index in [2.05, 4.69) is 19.9 Å². The number of hydrogen-bond donors (Lipinski definition) is 1. The lowest BCUT2D eigenvalue weighted by Gasteiger charge is -2.60. The van der Waals surface area contributed by atoms with Crippen molar-refractivity contribution in [1.29, 1.82) is 0 Å². The van der Waals surface area contributed by atoms with Crippen molar-refractivity contribution in [3.63, 3.8) is 0 Å². The summed E-state index contributed by atoms with van der Waals surface area (Å²) in [5.74, 6) is 5.65. The van der Waals surface area contributed by atoms with Crippen LogP contribution in [0, 0.1) is 52.3 Å². The molecule has 0 radical (unpaired) electrons. The van der Waals surface area contributed by atoms with Crippen LogP contribution in [0.1, 0.15) is 72.1 Å². The first-order valence-corrected chi connectivity index (χ1v) is 12.4. The molecular weight excluding hydrogens is 376 g/mol. The first kappa shape index (κ1) is 19.5. The van der Waals surface area contributed by atoms with Crippen LogP contribution in [-0.4, -0.2) is 29.1 Å². The van der Waals surface area contributed by atoms with Crippen LogP contribution in [0.5, 0.6) is 0 Å². The number of aliphatic hydroxyl groups excluding tert-OH is 1. The SMILES string of the molecule is CCO.C[C@]12CCC(=O)C=C1[C@@H]1C[C@@H]1[C@H]1[C@@H]3[C@@H]4C[C@@H]4[C@@]4(CCC(=O)O4)[C@@]3(C)CC[C@@H]12. The van der Waals surface area contributed by atoms with E-state index in [0.717, 1.165) is 48.9 Å². The summed E-state index contributed by atoms with van der Waals surface area (Å²) in [6.07, 6.45) is 10.6. The second kappa shape index (κ2) is 5.99. The number of hydrogen-bond acceptors (Lipinski definition) is 4. The fourth-order valence-electron chi connectivity index (χ4n) is 9.74. The highest BCUT2D eigenvalue weighted by Crippen LogP contribution is 2.82. The normalized spacial score (nSPS) is 56.4. The van der Waals surface area contributed by atoms with Gasteiger partial charge in [0.2, 0.25) is 0 Å². The van der Waals surface area contributed by atoms with Crippen molar-refractivity contribution < 1.29 is 19.4 Å². The quantitative estimate of drug-likeness (QED) is 0.603. The van der Waals surface area contributed by atoms with Crippen molar-refractivity contribution in [2.45, 2.75) is 77.7 Å². The van der Waals surface area contributed by atoms with Crippen LogP contribution in [-0.2, 0) is 14.3 Å². The Balaban J connectivity index is 0.000000554. The summed E-state index contributed by atoms with van der Waals surface area (Å²) in [6.45, 7) is 6.92. The number of rotatable bonds is 0. The van der Waals surface area contributed by atoms with Crippen LogP contribution in [0.25, 0.3) is 0 Å². The summed E-state index contributed by atoms with van der Waals surface area (Å²) in [5, 5.41) is 7.57. The molecule has 1 aliphatic heterocycles. The van der Waals surface area contributed by atoms with E-state index in [9.17, 15) is 9.59 Å². The van der Waals surface area contributed by atoms with E-state index in [-0.39, 0.29) is 29.0 Å². The lowest BCUT2D eigenvalue weighted by molar-refractivity contribution is -0.177. The van der Waals surface area contributed by atoms with E-state index in [1.165, 1.54) is 31.3 Å². The second-order valence-electron chi connectivity index (χ2n) is 11.8. The van der Waals surface area contributed by atoms with Gasteiger partial charge in [-0.05, 0) is 92.4 Å². The molecule has 1 heterocycles. The third-order valence-electron chi connectivity index (χ3n) is 10.9. The van der Waals surface area contributed by atoms with Gasteiger partial charge in [-0.2, -0.15) is 0 Å². The molecule has 0 amide bonds. The molecule has 0 aromatic heterocycles. The maximum Gasteiger partial charge on any atom is 0.306 e. The average Bonchev–Trinajstić information content (AvgIpc) is 3.60. The van der Waals surface area contributed by atoms with E-state index >= 15 is 0 Å². The highest BCUT2D eigenvalue weighted by atomic mass is 16.6. The Hall–Kier alpha value is -1.16. The second-order valence-corrected chi connectivity index (χ2v) is 11.8. The number of carbonyl (C=O) groups is 2. The molecule has 0 unspecified atom stereocenters. The molecule has 0 bridgehead atoms. The van der Waals surface area contributed by atoms with Gasteiger partial charge < -0.3 is 9.84 Å². The fourth-order valence-corrected chi connectivity index (χ4v) is 9.74. The van der Waals surface area contributed by atoms with Gasteiger partial charge in [-0.3, -0.25) is 9.59 Å². The van der Waals surface area contributed by atoms with E-state index in [0.29, 0.717) is 24.0 Å². The Morgan fingerprint density at radius 3 is 2.53 bits per heavy atom. The van der Waals surface area contributed by atoms with Crippen molar-refractivity contribution in [2.75, 3.05) is 6.61 Å². The summed E-state index contributed by atoms with van der Waals surface area (Å²) < 4.78 is 6.22. The molecular formula is C26H36O4. The van der Waals surface area contributed by atoms with Gasteiger partial charge in [-0.25, -0.2) is 0 Å². The van der Waals surface area contributed by atoms with E-state index < -0.39 is 0 Å². The summed E-state index contributed by atoms with van der Waals surface area (Å²) >= 11 is 0. The van der Waals surface area contributed by atoms with Crippen molar-refractivity contribution in [2.24, 2.45) is 52.3 Å². The van der Waals surface area contributed by atoms with Gasteiger partial charge in [0, 0.05) is 30.8 Å². The summed E-state index contributed by atoms with van der Waals surface area (Å²) in [6, 6.07) is 0. The standard InChI is InChI=1S/C24H30O3.C2H6O/c1-22-6-3-12(25)9-17(22)13-10-14(13)20-16(22)4-7-23(2)21(20)15-11-18(15)24(23)8-5-19(26)27-24;1-2-3/h9,13-16,18,20-21H,3-8,10-11H2,1-2H3;3H,2H2,1H3/t13-,14+,15-,16+,18+,20-,21+,22-,23+,24+;/m1./s1. The molecule has 7 rings (SSSR count). The van der Waals surface area contributed by atoms with Gasteiger partial charge in [0.05, 0.1) is 0 Å². The van der Waals surface area contributed by atoms with Gasteiger partial charge in [0.15, 0.2) is 5.78 Å². The Bertz CT molecular complexity index is 846. The van der Waals surface area contributed by atoms with Gasteiger partial charge in [-0.15, -0.1) is 0 Å². The summed E-state index contributed by atoms with van der Waals surface area (Å²) in [5.41, 5.74) is 1.85. The number of fused-ring (bicyclic) bond motifs is 12. The van der Waals surface area contributed by atoms with Crippen LogP contribution < -0.4 is 0 Å². The minimum Gasteiger partial charge on any atom is -0.458 e. The predicted octanol–water partition coefficient (Wildman–Crippen LogP) is 4.30. The van der Waals surface area contributed by atoms with Crippen LogP contribution >= 0.6 is 0 Å². The average molecular weight is 413 g/mol. The lowest BCUT2D eigenvalue weighted by Crippen LogP contribution is -2.57. The molecule has 1 saturated heterocycles. The molecule has 10 atom stereocenters. The zero-order valence-electron chi connectivity index (χ0n) is 18.7. The Morgan fingerprint density at radius 1 is 1.07 bits per heavy atom. The fraction of sp³-hybridized carbons (Fsp3) is 0.846. The third-order valence-corrected chi connectivity index (χ3v) is 10.9. The van der Waals surface area contributed by atoms with Crippen molar-refractivity contribution in [3.05, 3.63) is 11.6 Å². The maximum atomic E-state index is 12.2. The van der Waals surface area contributed by atoms with Gasteiger partial charge in [-0.1, -0.05) is 19.4 Å². The van der Waals surface area contributed by atoms with E-state index in [1.807, 2.05) is 0 Å². The van der Waals surface area contributed by atoms with Gasteiger partial charge in [0.25, 0.3) is 0 Å². The van der Waals surface area contributed by atoms with Crippen molar-refractivity contribution >= 4 is 11.8 Å². The highest BCUT2D eigenvalue weighted by molar-refractivity contribution is 5.92. The van der Waals surface area contributed by atoms with E-state index in [1.54, 1.807) is 6.92 Å². The molecule has 6 aliphatic carbocycles. The Morgan fingerprint density at radius 2 is 1.83 bits per heavy atom. The van der Waals surface area contributed by atoms with Crippen LogP contribution in [0.2, 0.25) is 0 Å². The molecule has 164 valence electrons. The maximum absolute atomic E-state index is 12.2. The highest BCUT2D eigenvalue weighted by Gasteiger charge is 2.81. The number of carbonyl (C=O) groups excluding carboxylic acids is 2. The molecule has 1 spiro atoms. The predicted molar refractivity (Wildman–Crippen MR) is 112 cm³/mol. The number of allylic oxidation sites excluding steroid dienone is 1. The number of esters is 1. The minimum absolute atomic E-state index is 0.0561. The van der Waals surface area contributed by atoms with Gasteiger partial charge >= 0.3 is 5.97 Å². The molecule has 7 aliphatic rings. The van der Waals surface area contributed by atoms with Crippen LogP contribution in [0.15, 0.2) is 11.6 Å². The monoisotopic (exact) mass is 412 g/mol. The summed E-state index contributed by atoms with van der Waals surface area (Å²) in [7, 11) is 0. The molecule has 5 saturated carbocycles. The van der Waals surface area contributed by atoms with E-state index in [4.69, 9.17) is 9.84 Å². The molecule has 0 aromatic rings. The van der Waals surface area contributed by atoms with Crippen LogP contribution in [0.3, 0.4) is 0 Å². The zero-order valence-corrected chi connectivity index (χ0v) is 18.7. The van der Waals surface area contributed by atoms with Crippen molar-refractivity contribution in [1.82, 2.24) is 0 Å². The molecule has 1 N–H and O–H groups in total. The third kappa shape index (κ3) is 2.17. The Labute approximate surface area is 179 Å². The number of ether oxygens (including phenoxy) is 1. The minimum atomic E-state index is -0.131. The first-order valence-electron chi connectivity index (χ1n) is 12.4. The zero-order chi connectivity index (χ0) is 21.1. The Kier molecular flexibility index (Phi) is 3.90. The lowest BCUT2D eigenvalue weighted by atomic mass is 9.45. The molecule has 30 heavy (non-hydrogen) atoms.